The predicted molar refractivity (Wildman–Crippen MR) is 63.9 cm³/mol. The predicted octanol–water partition coefficient (Wildman–Crippen LogP) is 4.37. The lowest BCUT2D eigenvalue weighted by Crippen LogP contribution is -2.16. The van der Waals surface area contributed by atoms with Gasteiger partial charge in [0.05, 0.1) is 0 Å². The van der Waals surface area contributed by atoms with Crippen molar-refractivity contribution in [1.29, 1.82) is 0 Å². The van der Waals surface area contributed by atoms with E-state index in [1.54, 1.807) is 5.56 Å². The van der Waals surface area contributed by atoms with Crippen molar-refractivity contribution in [3.05, 3.63) is 35.9 Å². The molecule has 15 heavy (non-hydrogen) atoms. The summed E-state index contributed by atoms with van der Waals surface area (Å²) >= 11 is 0. The van der Waals surface area contributed by atoms with Gasteiger partial charge in [0.25, 0.3) is 0 Å². The maximum atomic E-state index is 2.33. The minimum atomic E-state index is 0.886. The summed E-state index contributed by atoms with van der Waals surface area (Å²) in [4.78, 5) is 0. The molecule has 0 spiro atoms. The van der Waals surface area contributed by atoms with Crippen LogP contribution in [-0.2, 0) is 0 Å². The summed E-state index contributed by atoms with van der Waals surface area (Å²) in [6, 6.07) is 11.2. The zero-order valence-electron chi connectivity index (χ0n) is 9.36. The highest BCUT2D eigenvalue weighted by atomic mass is 14.4. The summed E-state index contributed by atoms with van der Waals surface area (Å²) in [6.07, 6.45) is 8.90. The van der Waals surface area contributed by atoms with Crippen molar-refractivity contribution in [2.24, 2.45) is 11.8 Å². The van der Waals surface area contributed by atoms with Crippen molar-refractivity contribution in [3.8, 4) is 0 Å². The molecule has 2 aliphatic rings. The minimum absolute atomic E-state index is 0.886. The Kier molecular flexibility index (Phi) is 2.52. The lowest BCUT2D eigenvalue weighted by atomic mass is 9.76. The van der Waals surface area contributed by atoms with E-state index < -0.39 is 0 Å². The van der Waals surface area contributed by atoms with Crippen LogP contribution in [0.3, 0.4) is 0 Å². The van der Waals surface area contributed by atoms with Gasteiger partial charge in [-0.3, -0.25) is 0 Å². The Morgan fingerprint density at radius 2 is 1.73 bits per heavy atom. The first-order chi connectivity index (χ1) is 7.43. The Morgan fingerprint density at radius 1 is 1.00 bits per heavy atom. The van der Waals surface area contributed by atoms with Crippen LogP contribution in [0.4, 0.5) is 0 Å². The molecule has 2 aliphatic carbocycles. The zero-order valence-corrected chi connectivity index (χ0v) is 9.36. The van der Waals surface area contributed by atoms with E-state index in [1.165, 1.54) is 38.5 Å². The smallest absolute Gasteiger partial charge is 0.0131 e. The van der Waals surface area contributed by atoms with Crippen LogP contribution in [0, 0.1) is 11.8 Å². The first-order valence-corrected chi connectivity index (χ1v) is 6.48. The molecule has 0 heteroatoms. The third-order valence-corrected chi connectivity index (χ3v) is 4.23. The van der Waals surface area contributed by atoms with E-state index in [4.69, 9.17) is 0 Å². The van der Waals surface area contributed by atoms with Gasteiger partial charge < -0.3 is 0 Å². The Balaban J connectivity index is 1.72. The van der Waals surface area contributed by atoms with E-state index in [2.05, 4.69) is 30.3 Å². The molecule has 1 aromatic carbocycles. The van der Waals surface area contributed by atoms with Crippen LogP contribution in [0.25, 0.3) is 0 Å². The highest BCUT2D eigenvalue weighted by Gasteiger charge is 2.34. The van der Waals surface area contributed by atoms with Crippen molar-refractivity contribution in [3.63, 3.8) is 0 Å². The van der Waals surface area contributed by atoms with E-state index in [0.29, 0.717) is 0 Å². The Hall–Kier alpha value is -0.780. The molecule has 80 valence electrons. The van der Waals surface area contributed by atoms with Crippen molar-refractivity contribution < 1.29 is 0 Å². The molecule has 0 amide bonds. The van der Waals surface area contributed by atoms with Gasteiger partial charge in [-0.2, -0.15) is 0 Å². The van der Waals surface area contributed by atoms with E-state index in [9.17, 15) is 0 Å². The lowest BCUT2D eigenvalue weighted by molar-refractivity contribution is 0.267. The number of rotatable bonds is 4. The largest absolute Gasteiger partial charge is 0.0622 e. The van der Waals surface area contributed by atoms with Crippen LogP contribution in [0.1, 0.15) is 50.0 Å². The fraction of sp³-hybridized carbons (Fsp3) is 0.600. The molecule has 0 heterocycles. The van der Waals surface area contributed by atoms with Gasteiger partial charge in [0.15, 0.2) is 0 Å². The molecular weight excluding hydrogens is 180 g/mol. The van der Waals surface area contributed by atoms with Crippen LogP contribution in [0.15, 0.2) is 30.3 Å². The van der Waals surface area contributed by atoms with Gasteiger partial charge >= 0.3 is 0 Å². The summed E-state index contributed by atoms with van der Waals surface area (Å²) in [6.45, 7) is 0. The summed E-state index contributed by atoms with van der Waals surface area (Å²) < 4.78 is 0. The van der Waals surface area contributed by atoms with E-state index in [1.807, 2.05) is 0 Å². The molecule has 0 nitrogen and oxygen atoms in total. The average molecular weight is 200 g/mol. The SMILES string of the molecule is c1ccc(C(CC2CCC2)C2CC2)cc1. The molecule has 2 fully saturated rings. The minimum Gasteiger partial charge on any atom is -0.0622 e. The summed E-state index contributed by atoms with van der Waals surface area (Å²) in [5.41, 5.74) is 1.60. The molecule has 0 aromatic heterocycles. The van der Waals surface area contributed by atoms with Gasteiger partial charge in [-0.25, -0.2) is 0 Å². The van der Waals surface area contributed by atoms with E-state index in [-0.39, 0.29) is 0 Å². The third-order valence-electron chi connectivity index (χ3n) is 4.23. The second kappa shape index (κ2) is 4.00. The van der Waals surface area contributed by atoms with E-state index in [0.717, 1.165) is 17.8 Å². The van der Waals surface area contributed by atoms with Crippen LogP contribution in [0.5, 0.6) is 0 Å². The zero-order chi connectivity index (χ0) is 10.1. The summed E-state index contributed by atoms with van der Waals surface area (Å²) in [5.74, 6) is 2.96. The highest BCUT2D eigenvalue weighted by Crippen LogP contribution is 2.48. The molecule has 1 aromatic rings. The number of hydrogen-bond donors (Lipinski definition) is 0. The Morgan fingerprint density at radius 3 is 2.27 bits per heavy atom. The van der Waals surface area contributed by atoms with Crippen LogP contribution in [-0.4, -0.2) is 0 Å². The molecule has 0 radical (unpaired) electrons. The third kappa shape index (κ3) is 2.09. The van der Waals surface area contributed by atoms with Crippen molar-refractivity contribution in [2.45, 2.75) is 44.4 Å². The molecule has 3 rings (SSSR count). The topological polar surface area (TPSA) is 0 Å². The Labute approximate surface area is 92.7 Å². The average Bonchev–Trinajstić information content (AvgIpc) is 3.01. The maximum Gasteiger partial charge on any atom is -0.0131 e. The Bertz CT molecular complexity index is 306. The van der Waals surface area contributed by atoms with E-state index >= 15 is 0 Å². The van der Waals surface area contributed by atoms with Crippen molar-refractivity contribution in [1.82, 2.24) is 0 Å². The highest BCUT2D eigenvalue weighted by molar-refractivity contribution is 5.22. The monoisotopic (exact) mass is 200 g/mol. The summed E-state index contributed by atoms with van der Waals surface area (Å²) in [7, 11) is 0. The molecule has 1 unspecified atom stereocenters. The molecule has 0 saturated heterocycles. The standard InChI is InChI=1S/C15H20/c1-2-7-13(8-3-1)15(14-9-10-14)11-12-5-4-6-12/h1-3,7-8,12,14-15H,4-6,9-11H2. The molecule has 2 saturated carbocycles. The molecule has 1 atom stereocenters. The van der Waals surface area contributed by atoms with Gasteiger partial charge in [-0.1, -0.05) is 49.6 Å². The molecule has 0 bridgehead atoms. The molecular formula is C15H20. The quantitative estimate of drug-likeness (QED) is 0.677. The molecule has 0 aliphatic heterocycles. The first kappa shape index (κ1) is 9.45. The summed E-state index contributed by atoms with van der Waals surface area (Å²) in [5, 5.41) is 0. The van der Waals surface area contributed by atoms with Crippen LogP contribution >= 0.6 is 0 Å². The van der Waals surface area contributed by atoms with Crippen LogP contribution in [0.2, 0.25) is 0 Å². The first-order valence-electron chi connectivity index (χ1n) is 6.48. The second-order valence-electron chi connectivity index (χ2n) is 5.39. The van der Waals surface area contributed by atoms with Gasteiger partial charge in [0, 0.05) is 0 Å². The van der Waals surface area contributed by atoms with Crippen molar-refractivity contribution in [2.75, 3.05) is 0 Å². The van der Waals surface area contributed by atoms with Gasteiger partial charge in [0.2, 0.25) is 0 Å². The van der Waals surface area contributed by atoms with Crippen molar-refractivity contribution >= 4 is 0 Å². The second-order valence-corrected chi connectivity index (χ2v) is 5.39. The number of benzene rings is 1. The van der Waals surface area contributed by atoms with Crippen LogP contribution < -0.4 is 0 Å². The number of hydrogen-bond acceptors (Lipinski definition) is 0. The van der Waals surface area contributed by atoms with Gasteiger partial charge in [0.1, 0.15) is 0 Å². The van der Waals surface area contributed by atoms with Gasteiger partial charge in [-0.05, 0) is 42.6 Å². The normalized spacial score (nSPS) is 23.5. The molecule has 0 N–H and O–H groups in total. The fourth-order valence-electron chi connectivity index (χ4n) is 2.89. The maximum absolute atomic E-state index is 2.33. The van der Waals surface area contributed by atoms with Gasteiger partial charge in [-0.15, -0.1) is 0 Å². The lowest BCUT2D eigenvalue weighted by Gasteiger charge is -2.30. The fourth-order valence-corrected chi connectivity index (χ4v) is 2.89.